The SMILES string of the molecule is N#Cc1ncn(CCC2CCC2)n1. The van der Waals surface area contributed by atoms with Crippen molar-refractivity contribution >= 4 is 0 Å². The third-order valence-corrected chi connectivity index (χ3v) is 2.63. The van der Waals surface area contributed by atoms with E-state index in [4.69, 9.17) is 5.26 Å². The molecule has 68 valence electrons. The van der Waals surface area contributed by atoms with E-state index < -0.39 is 0 Å². The molecule has 1 aromatic heterocycles. The van der Waals surface area contributed by atoms with E-state index in [2.05, 4.69) is 10.1 Å². The van der Waals surface area contributed by atoms with Gasteiger partial charge in [-0.2, -0.15) is 5.26 Å². The van der Waals surface area contributed by atoms with Gasteiger partial charge in [0.05, 0.1) is 0 Å². The van der Waals surface area contributed by atoms with Gasteiger partial charge in [0, 0.05) is 6.54 Å². The van der Waals surface area contributed by atoms with Crippen LogP contribution in [0.5, 0.6) is 0 Å². The molecule has 1 heterocycles. The summed E-state index contributed by atoms with van der Waals surface area (Å²) in [5.41, 5.74) is 0. The molecule has 0 amide bonds. The Balaban J connectivity index is 1.83. The summed E-state index contributed by atoms with van der Waals surface area (Å²) in [4.78, 5) is 3.85. The van der Waals surface area contributed by atoms with Crippen molar-refractivity contribution in [2.75, 3.05) is 0 Å². The Morgan fingerprint density at radius 2 is 2.46 bits per heavy atom. The molecule has 4 heteroatoms. The first-order valence-electron chi connectivity index (χ1n) is 4.68. The van der Waals surface area contributed by atoms with Crippen LogP contribution in [-0.4, -0.2) is 14.8 Å². The zero-order chi connectivity index (χ0) is 9.10. The minimum Gasteiger partial charge on any atom is -0.252 e. The van der Waals surface area contributed by atoms with Crippen molar-refractivity contribution in [3.63, 3.8) is 0 Å². The van der Waals surface area contributed by atoms with E-state index in [1.54, 1.807) is 11.0 Å². The highest BCUT2D eigenvalue weighted by Crippen LogP contribution is 2.29. The maximum absolute atomic E-state index is 8.50. The molecule has 0 N–H and O–H groups in total. The van der Waals surface area contributed by atoms with Crippen LogP contribution in [0.4, 0.5) is 0 Å². The molecule has 0 bridgehead atoms. The van der Waals surface area contributed by atoms with E-state index in [0.29, 0.717) is 0 Å². The summed E-state index contributed by atoms with van der Waals surface area (Å²) < 4.78 is 1.76. The molecule has 1 aliphatic rings. The molecule has 0 unspecified atom stereocenters. The third-order valence-electron chi connectivity index (χ3n) is 2.63. The topological polar surface area (TPSA) is 54.5 Å². The van der Waals surface area contributed by atoms with Gasteiger partial charge < -0.3 is 0 Å². The van der Waals surface area contributed by atoms with E-state index in [1.165, 1.54) is 25.7 Å². The Hall–Kier alpha value is -1.37. The van der Waals surface area contributed by atoms with Gasteiger partial charge in [-0.25, -0.2) is 4.98 Å². The van der Waals surface area contributed by atoms with Gasteiger partial charge in [-0.1, -0.05) is 19.3 Å². The number of nitriles is 1. The van der Waals surface area contributed by atoms with Crippen LogP contribution in [-0.2, 0) is 6.54 Å². The number of hydrogen-bond donors (Lipinski definition) is 0. The maximum atomic E-state index is 8.50. The number of rotatable bonds is 3. The van der Waals surface area contributed by atoms with Crippen LogP contribution in [0.2, 0.25) is 0 Å². The van der Waals surface area contributed by atoms with Gasteiger partial charge in [0.25, 0.3) is 5.82 Å². The van der Waals surface area contributed by atoms with Crippen molar-refractivity contribution in [3.05, 3.63) is 12.2 Å². The summed E-state index contributed by atoms with van der Waals surface area (Å²) in [6, 6.07) is 1.92. The zero-order valence-electron chi connectivity index (χ0n) is 7.48. The number of aromatic nitrogens is 3. The van der Waals surface area contributed by atoms with Crippen LogP contribution >= 0.6 is 0 Å². The Morgan fingerprint density at radius 3 is 3.00 bits per heavy atom. The molecule has 0 radical (unpaired) electrons. The molecular weight excluding hydrogens is 164 g/mol. The van der Waals surface area contributed by atoms with Gasteiger partial charge >= 0.3 is 0 Å². The molecule has 1 saturated carbocycles. The van der Waals surface area contributed by atoms with Crippen LogP contribution in [0.15, 0.2) is 6.33 Å². The molecule has 1 fully saturated rings. The summed E-state index contributed by atoms with van der Waals surface area (Å²) in [5, 5.41) is 12.5. The lowest BCUT2D eigenvalue weighted by atomic mass is 9.83. The van der Waals surface area contributed by atoms with E-state index in [9.17, 15) is 0 Å². The average molecular weight is 176 g/mol. The summed E-state index contributed by atoms with van der Waals surface area (Å²) in [7, 11) is 0. The first-order chi connectivity index (χ1) is 6.38. The minimum atomic E-state index is 0.272. The van der Waals surface area contributed by atoms with Crippen molar-refractivity contribution < 1.29 is 0 Å². The van der Waals surface area contributed by atoms with Crippen LogP contribution in [0.3, 0.4) is 0 Å². The highest BCUT2D eigenvalue weighted by atomic mass is 15.3. The Morgan fingerprint density at radius 1 is 1.62 bits per heavy atom. The van der Waals surface area contributed by atoms with Gasteiger partial charge in [0.1, 0.15) is 12.4 Å². The smallest absolute Gasteiger partial charge is 0.252 e. The van der Waals surface area contributed by atoms with Gasteiger partial charge in [0.2, 0.25) is 0 Å². The van der Waals surface area contributed by atoms with E-state index >= 15 is 0 Å². The second-order valence-electron chi connectivity index (χ2n) is 3.53. The first-order valence-corrected chi connectivity index (χ1v) is 4.68. The number of hydrogen-bond acceptors (Lipinski definition) is 3. The highest BCUT2D eigenvalue weighted by Gasteiger charge is 2.16. The Bertz CT molecular complexity index is 319. The molecule has 0 saturated heterocycles. The number of aryl methyl sites for hydroxylation is 1. The van der Waals surface area contributed by atoms with E-state index in [0.717, 1.165) is 12.5 Å². The van der Waals surface area contributed by atoms with Crippen molar-refractivity contribution in [1.29, 1.82) is 5.26 Å². The summed E-state index contributed by atoms with van der Waals surface area (Å²) in [6.07, 6.45) is 6.91. The molecule has 0 spiro atoms. The second-order valence-corrected chi connectivity index (χ2v) is 3.53. The van der Waals surface area contributed by atoms with Crippen LogP contribution < -0.4 is 0 Å². The third kappa shape index (κ3) is 1.86. The van der Waals surface area contributed by atoms with Crippen molar-refractivity contribution in [1.82, 2.24) is 14.8 Å². The van der Waals surface area contributed by atoms with Gasteiger partial charge in [-0.05, 0) is 12.3 Å². The molecule has 1 aliphatic carbocycles. The molecule has 2 rings (SSSR count). The van der Waals surface area contributed by atoms with Gasteiger partial charge in [-0.3, -0.25) is 4.68 Å². The molecule has 13 heavy (non-hydrogen) atoms. The minimum absolute atomic E-state index is 0.272. The zero-order valence-corrected chi connectivity index (χ0v) is 7.48. The van der Waals surface area contributed by atoms with Gasteiger partial charge in [0.15, 0.2) is 0 Å². The fraction of sp³-hybridized carbons (Fsp3) is 0.667. The van der Waals surface area contributed by atoms with E-state index in [1.807, 2.05) is 6.07 Å². The average Bonchev–Trinajstić information content (AvgIpc) is 2.49. The summed E-state index contributed by atoms with van der Waals surface area (Å²) in [5.74, 6) is 1.16. The predicted molar refractivity (Wildman–Crippen MR) is 46.7 cm³/mol. The molecule has 4 nitrogen and oxygen atoms in total. The first kappa shape index (κ1) is 8.24. The van der Waals surface area contributed by atoms with Crippen LogP contribution in [0.1, 0.15) is 31.5 Å². The van der Waals surface area contributed by atoms with Crippen molar-refractivity contribution in [2.24, 2.45) is 5.92 Å². The summed E-state index contributed by atoms with van der Waals surface area (Å²) >= 11 is 0. The molecule has 0 atom stereocenters. The van der Waals surface area contributed by atoms with Crippen LogP contribution in [0.25, 0.3) is 0 Å². The number of nitrogens with zero attached hydrogens (tertiary/aromatic N) is 4. The van der Waals surface area contributed by atoms with E-state index in [-0.39, 0.29) is 5.82 Å². The fourth-order valence-electron chi connectivity index (χ4n) is 1.55. The molecule has 0 aromatic carbocycles. The Kier molecular flexibility index (Phi) is 2.26. The second kappa shape index (κ2) is 3.56. The largest absolute Gasteiger partial charge is 0.252 e. The molecule has 0 aliphatic heterocycles. The van der Waals surface area contributed by atoms with Crippen LogP contribution in [0, 0.1) is 17.2 Å². The lowest BCUT2D eigenvalue weighted by Gasteiger charge is -2.24. The van der Waals surface area contributed by atoms with Gasteiger partial charge in [-0.15, -0.1) is 5.10 Å². The monoisotopic (exact) mass is 176 g/mol. The normalized spacial score (nSPS) is 16.5. The predicted octanol–water partition coefficient (Wildman–Crippen LogP) is 1.34. The highest BCUT2D eigenvalue weighted by molar-refractivity contribution is 5.05. The van der Waals surface area contributed by atoms with Crippen molar-refractivity contribution in [3.8, 4) is 6.07 Å². The summed E-state index contributed by atoms with van der Waals surface area (Å²) in [6.45, 7) is 0.902. The van der Waals surface area contributed by atoms with Crippen molar-refractivity contribution in [2.45, 2.75) is 32.2 Å². The Labute approximate surface area is 77.2 Å². The fourth-order valence-corrected chi connectivity index (χ4v) is 1.55. The quantitative estimate of drug-likeness (QED) is 0.698. The lowest BCUT2D eigenvalue weighted by molar-refractivity contribution is 0.278. The maximum Gasteiger partial charge on any atom is 0.252 e. The standard InChI is InChI=1S/C9H12N4/c10-6-9-11-7-13(12-9)5-4-8-2-1-3-8/h7-8H,1-5H2. The lowest BCUT2D eigenvalue weighted by Crippen LogP contribution is -2.14. The molecule has 1 aromatic rings. The molecular formula is C9H12N4.